The fraction of sp³-hybridized carbons (Fsp3) is 0.353. The Labute approximate surface area is 144 Å². The number of carbonyl (C=O) groups excluding carboxylic acids is 1. The van der Waals surface area contributed by atoms with Gasteiger partial charge in [0.15, 0.2) is 0 Å². The normalized spacial score (nSPS) is 20.4. The van der Waals surface area contributed by atoms with Crippen molar-refractivity contribution in [3.63, 3.8) is 0 Å². The summed E-state index contributed by atoms with van der Waals surface area (Å²) < 4.78 is 0. The molecule has 2 aliphatic rings. The van der Waals surface area contributed by atoms with Crippen molar-refractivity contribution >= 4 is 33.8 Å². The third kappa shape index (κ3) is 2.53. The number of hydrogen-bond acceptors (Lipinski definition) is 4. The Bertz CT molecular complexity index is 773. The molecule has 1 unspecified atom stereocenters. The number of hydrogen-bond donors (Lipinski definition) is 2. The molecule has 1 aromatic carbocycles. The zero-order chi connectivity index (χ0) is 16.0. The molecular formula is C17H18ClN3OS. The van der Waals surface area contributed by atoms with Crippen LogP contribution >= 0.6 is 22.9 Å². The second-order valence-corrected chi connectivity index (χ2v) is 7.41. The summed E-state index contributed by atoms with van der Waals surface area (Å²) in [6.07, 6.45) is 0.673. The monoisotopic (exact) mass is 347 g/mol. The zero-order valence-corrected chi connectivity index (χ0v) is 14.4. The van der Waals surface area contributed by atoms with Gasteiger partial charge in [-0.2, -0.15) is 0 Å². The minimum Gasteiger partial charge on any atom is -0.353 e. The van der Waals surface area contributed by atoms with Crippen molar-refractivity contribution in [1.29, 1.82) is 0 Å². The fourth-order valence-electron chi connectivity index (χ4n) is 3.30. The Balaban J connectivity index is 1.69. The smallest absolute Gasteiger partial charge is 0.256 e. The average molecular weight is 348 g/mol. The highest BCUT2D eigenvalue weighted by molar-refractivity contribution is 7.16. The summed E-state index contributed by atoms with van der Waals surface area (Å²) in [5.74, 6) is 0.00566. The highest BCUT2D eigenvalue weighted by Crippen LogP contribution is 2.41. The number of nitrogens with zero attached hydrogens (tertiary/aromatic N) is 1. The summed E-state index contributed by atoms with van der Waals surface area (Å²) in [5.41, 5.74) is 2.95. The van der Waals surface area contributed by atoms with Crippen LogP contribution in [0.4, 0.5) is 5.00 Å². The van der Waals surface area contributed by atoms with Crippen molar-refractivity contribution in [1.82, 2.24) is 10.2 Å². The minimum absolute atomic E-state index is 0.00566. The molecule has 0 aliphatic carbocycles. The molecule has 0 radical (unpaired) electrons. The first-order valence-electron chi connectivity index (χ1n) is 7.86. The van der Waals surface area contributed by atoms with Crippen LogP contribution < -0.4 is 10.6 Å². The number of carbonyl (C=O) groups is 1. The molecule has 2 aliphatic heterocycles. The van der Waals surface area contributed by atoms with Crippen LogP contribution in [0, 0.1) is 0 Å². The molecule has 6 heteroatoms. The van der Waals surface area contributed by atoms with Gasteiger partial charge in [-0.1, -0.05) is 36.7 Å². The van der Waals surface area contributed by atoms with Crippen LogP contribution in [0.25, 0.3) is 0 Å². The van der Waals surface area contributed by atoms with Crippen molar-refractivity contribution in [3.8, 4) is 0 Å². The van der Waals surface area contributed by atoms with E-state index < -0.39 is 0 Å². The third-order valence-corrected chi connectivity index (χ3v) is 6.07. The fourth-order valence-corrected chi connectivity index (χ4v) is 4.86. The second-order valence-electron chi connectivity index (χ2n) is 5.90. The standard InChI is InChI=1S/C17H18ClN3OS/c1-2-21-8-7-11-13(9-21)23-17-14(11)16(22)19-15(20-17)10-5-3-4-6-12(10)18/h3-6,15,20H,2,7-9H2,1H3,(H,19,22). The van der Waals surface area contributed by atoms with E-state index in [2.05, 4.69) is 22.5 Å². The van der Waals surface area contributed by atoms with Gasteiger partial charge in [0, 0.05) is 28.6 Å². The summed E-state index contributed by atoms with van der Waals surface area (Å²) in [7, 11) is 0. The van der Waals surface area contributed by atoms with Gasteiger partial charge < -0.3 is 10.6 Å². The molecule has 0 spiro atoms. The second kappa shape index (κ2) is 5.82. The van der Waals surface area contributed by atoms with Gasteiger partial charge in [-0.25, -0.2) is 0 Å². The van der Waals surface area contributed by atoms with Gasteiger partial charge in [-0.05, 0) is 24.6 Å². The lowest BCUT2D eigenvalue weighted by Crippen LogP contribution is -2.39. The van der Waals surface area contributed by atoms with Crippen LogP contribution in [0.1, 0.15) is 39.5 Å². The molecule has 120 valence electrons. The molecule has 2 aromatic rings. The number of fused-ring (bicyclic) bond motifs is 3. The van der Waals surface area contributed by atoms with Gasteiger partial charge >= 0.3 is 0 Å². The maximum atomic E-state index is 12.7. The minimum atomic E-state index is -0.272. The number of amides is 1. The predicted molar refractivity (Wildman–Crippen MR) is 94.3 cm³/mol. The van der Waals surface area contributed by atoms with Crippen molar-refractivity contribution in [3.05, 3.63) is 50.9 Å². The molecule has 3 heterocycles. The van der Waals surface area contributed by atoms with Crippen molar-refractivity contribution < 1.29 is 4.79 Å². The van der Waals surface area contributed by atoms with Crippen molar-refractivity contribution in [2.24, 2.45) is 0 Å². The van der Waals surface area contributed by atoms with Crippen LogP contribution in [0.5, 0.6) is 0 Å². The number of thiophene rings is 1. The van der Waals surface area contributed by atoms with Crippen LogP contribution in [0.2, 0.25) is 5.02 Å². The molecule has 0 saturated carbocycles. The number of halogens is 1. The molecule has 0 saturated heterocycles. The highest BCUT2D eigenvalue weighted by atomic mass is 35.5. The Morgan fingerprint density at radius 1 is 1.35 bits per heavy atom. The van der Waals surface area contributed by atoms with Gasteiger partial charge in [-0.15, -0.1) is 11.3 Å². The molecule has 23 heavy (non-hydrogen) atoms. The van der Waals surface area contributed by atoms with E-state index in [-0.39, 0.29) is 12.1 Å². The van der Waals surface area contributed by atoms with Crippen LogP contribution in [-0.2, 0) is 13.0 Å². The van der Waals surface area contributed by atoms with Crippen LogP contribution in [-0.4, -0.2) is 23.9 Å². The summed E-state index contributed by atoms with van der Waals surface area (Å²) in [5, 5.41) is 8.14. The first-order valence-corrected chi connectivity index (χ1v) is 9.05. The molecule has 4 rings (SSSR count). The van der Waals surface area contributed by atoms with Crippen molar-refractivity contribution in [2.75, 3.05) is 18.4 Å². The average Bonchev–Trinajstić information content (AvgIpc) is 2.92. The molecular weight excluding hydrogens is 330 g/mol. The van der Waals surface area contributed by atoms with Gasteiger partial charge in [0.1, 0.15) is 11.2 Å². The van der Waals surface area contributed by atoms with E-state index >= 15 is 0 Å². The molecule has 4 nitrogen and oxygen atoms in total. The Morgan fingerprint density at radius 2 is 2.17 bits per heavy atom. The predicted octanol–water partition coefficient (Wildman–Crippen LogP) is 3.63. The molecule has 2 N–H and O–H groups in total. The van der Waals surface area contributed by atoms with Crippen molar-refractivity contribution in [2.45, 2.75) is 26.1 Å². The van der Waals surface area contributed by atoms with E-state index in [0.29, 0.717) is 5.02 Å². The largest absolute Gasteiger partial charge is 0.353 e. The van der Waals surface area contributed by atoms with Gasteiger partial charge in [0.2, 0.25) is 0 Å². The van der Waals surface area contributed by atoms with Gasteiger partial charge in [-0.3, -0.25) is 9.69 Å². The lowest BCUT2D eigenvalue weighted by Gasteiger charge is -2.28. The number of benzene rings is 1. The van der Waals surface area contributed by atoms with E-state index in [1.807, 2.05) is 24.3 Å². The number of likely N-dealkylation sites (N-methyl/N-ethyl adjacent to an activating group) is 1. The highest BCUT2D eigenvalue weighted by Gasteiger charge is 2.33. The van der Waals surface area contributed by atoms with E-state index in [4.69, 9.17) is 11.6 Å². The van der Waals surface area contributed by atoms with E-state index in [1.165, 1.54) is 10.4 Å². The Morgan fingerprint density at radius 3 is 2.96 bits per heavy atom. The van der Waals surface area contributed by atoms with E-state index in [1.54, 1.807) is 11.3 Å². The van der Waals surface area contributed by atoms with E-state index in [0.717, 1.165) is 42.2 Å². The Kier molecular flexibility index (Phi) is 3.79. The molecule has 0 bridgehead atoms. The quantitative estimate of drug-likeness (QED) is 0.871. The summed E-state index contributed by atoms with van der Waals surface area (Å²) in [6, 6.07) is 7.62. The Hall–Kier alpha value is -1.56. The number of rotatable bonds is 2. The first kappa shape index (κ1) is 15.0. The SMILES string of the molecule is CCN1CCc2c(sc3c2C(=O)NC(c2ccccc2Cl)N3)C1. The first-order chi connectivity index (χ1) is 11.2. The van der Waals surface area contributed by atoms with Crippen LogP contribution in [0.15, 0.2) is 24.3 Å². The molecule has 1 amide bonds. The maximum Gasteiger partial charge on any atom is 0.256 e. The van der Waals surface area contributed by atoms with Crippen LogP contribution in [0.3, 0.4) is 0 Å². The molecule has 1 aromatic heterocycles. The van der Waals surface area contributed by atoms with E-state index in [9.17, 15) is 4.79 Å². The summed E-state index contributed by atoms with van der Waals surface area (Å²) >= 11 is 7.98. The number of anilines is 1. The molecule has 0 fully saturated rings. The lowest BCUT2D eigenvalue weighted by molar-refractivity contribution is 0.0935. The van der Waals surface area contributed by atoms with Gasteiger partial charge in [0.25, 0.3) is 5.91 Å². The molecule has 1 atom stereocenters. The number of nitrogens with one attached hydrogen (secondary N) is 2. The summed E-state index contributed by atoms with van der Waals surface area (Å²) in [4.78, 5) is 16.4. The lowest BCUT2D eigenvalue weighted by atomic mass is 10.0. The maximum absolute atomic E-state index is 12.7. The van der Waals surface area contributed by atoms with Gasteiger partial charge in [0.05, 0.1) is 5.56 Å². The third-order valence-electron chi connectivity index (χ3n) is 4.58. The topological polar surface area (TPSA) is 44.4 Å². The zero-order valence-electron chi connectivity index (χ0n) is 12.9. The summed E-state index contributed by atoms with van der Waals surface area (Å²) in [6.45, 7) is 5.18.